The fourth-order valence-corrected chi connectivity index (χ4v) is 2.92. The minimum Gasteiger partial charge on any atom is -0.332 e. The number of fused-ring (bicyclic) bond motifs is 1. The summed E-state index contributed by atoms with van der Waals surface area (Å²) in [5.74, 6) is -0.237. The van der Waals surface area contributed by atoms with Gasteiger partial charge in [-0.3, -0.25) is 15.1 Å². The number of thiocarbonyl (C=S) groups is 1. The Labute approximate surface area is 152 Å². The minimum absolute atomic E-state index is 0.237. The lowest BCUT2D eigenvalue weighted by Crippen LogP contribution is -2.34. The molecule has 0 saturated carbocycles. The van der Waals surface area contributed by atoms with Gasteiger partial charge in [0.15, 0.2) is 5.11 Å². The van der Waals surface area contributed by atoms with Crippen molar-refractivity contribution in [1.29, 1.82) is 0 Å². The maximum Gasteiger partial charge on any atom is 0.257 e. The third-order valence-electron chi connectivity index (χ3n) is 3.21. The van der Waals surface area contributed by atoms with E-state index < -0.39 is 0 Å². The lowest BCUT2D eigenvalue weighted by Gasteiger charge is -2.11. The maximum absolute atomic E-state index is 12.2. The van der Waals surface area contributed by atoms with E-state index in [9.17, 15) is 4.79 Å². The van der Waals surface area contributed by atoms with E-state index >= 15 is 0 Å². The summed E-state index contributed by atoms with van der Waals surface area (Å²) in [5, 5.41) is 6.95. The normalized spacial score (nSPS) is 10.3. The molecular formula is C17H12IN3OS. The second kappa shape index (κ2) is 7.01. The zero-order chi connectivity index (χ0) is 16.2. The van der Waals surface area contributed by atoms with Crippen molar-refractivity contribution in [2.75, 3.05) is 5.32 Å². The van der Waals surface area contributed by atoms with Crippen molar-refractivity contribution < 1.29 is 4.79 Å². The van der Waals surface area contributed by atoms with Crippen LogP contribution in [0.25, 0.3) is 10.9 Å². The Morgan fingerprint density at radius 1 is 1.09 bits per heavy atom. The average Bonchev–Trinajstić information content (AvgIpc) is 2.55. The zero-order valence-electron chi connectivity index (χ0n) is 11.9. The molecular weight excluding hydrogens is 421 g/mol. The molecule has 0 atom stereocenters. The van der Waals surface area contributed by atoms with E-state index in [1.807, 2.05) is 42.5 Å². The van der Waals surface area contributed by atoms with Crippen molar-refractivity contribution in [2.24, 2.45) is 0 Å². The predicted molar refractivity (Wildman–Crippen MR) is 105 cm³/mol. The molecule has 0 aliphatic rings. The van der Waals surface area contributed by atoms with Gasteiger partial charge in [-0.05, 0) is 77.3 Å². The molecule has 0 spiro atoms. The van der Waals surface area contributed by atoms with E-state index in [0.717, 1.165) is 20.2 Å². The van der Waals surface area contributed by atoms with Crippen molar-refractivity contribution in [1.82, 2.24) is 10.3 Å². The number of rotatable bonds is 2. The van der Waals surface area contributed by atoms with Crippen molar-refractivity contribution in [2.45, 2.75) is 0 Å². The van der Waals surface area contributed by atoms with Crippen LogP contribution in [0.4, 0.5) is 5.69 Å². The molecule has 0 aliphatic heterocycles. The van der Waals surface area contributed by atoms with Gasteiger partial charge < -0.3 is 5.32 Å². The summed E-state index contributed by atoms with van der Waals surface area (Å²) in [5.41, 5.74) is 2.24. The number of carbonyl (C=O) groups excluding carboxylic acids is 1. The number of hydrogen-bond donors (Lipinski definition) is 2. The van der Waals surface area contributed by atoms with Gasteiger partial charge in [-0.2, -0.15) is 0 Å². The molecule has 23 heavy (non-hydrogen) atoms. The lowest BCUT2D eigenvalue weighted by molar-refractivity contribution is 0.0977. The first-order valence-electron chi connectivity index (χ1n) is 6.85. The predicted octanol–water partition coefficient (Wildman–Crippen LogP) is 3.97. The number of carbonyl (C=O) groups is 1. The first-order chi connectivity index (χ1) is 11.1. The van der Waals surface area contributed by atoms with Gasteiger partial charge in [0, 0.05) is 26.4 Å². The van der Waals surface area contributed by atoms with Crippen LogP contribution < -0.4 is 10.6 Å². The second-order valence-electron chi connectivity index (χ2n) is 4.79. The van der Waals surface area contributed by atoms with Crippen LogP contribution >= 0.6 is 34.8 Å². The highest BCUT2D eigenvalue weighted by Gasteiger charge is 2.09. The monoisotopic (exact) mass is 433 g/mol. The molecule has 1 aromatic heterocycles. The largest absolute Gasteiger partial charge is 0.332 e. The Bertz CT molecular complexity index is 892. The second-order valence-corrected chi connectivity index (χ2v) is 6.45. The summed E-state index contributed by atoms with van der Waals surface area (Å²) in [6.07, 6.45) is 1.74. The van der Waals surface area contributed by atoms with E-state index in [-0.39, 0.29) is 11.0 Å². The van der Waals surface area contributed by atoms with Crippen LogP contribution in [0.2, 0.25) is 0 Å². The number of anilines is 1. The number of amides is 1. The number of nitrogens with zero attached hydrogens (tertiary/aromatic N) is 1. The number of aromatic nitrogens is 1. The molecule has 6 heteroatoms. The number of pyridine rings is 1. The summed E-state index contributed by atoms with van der Waals surface area (Å²) >= 11 is 7.41. The lowest BCUT2D eigenvalue weighted by atomic mass is 10.2. The first kappa shape index (κ1) is 15.8. The van der Waals surface area contributed by atoms with Gasteiger partial charge in [0.2, 0.25) is 0 Å². The van der Waals surface area contributed by atoms with Crippen LogP contribution in [0.3, 0.4) is 0 Å². The van der Waals surface area contributed by atoms with Crippen LogP contribution in [0.5, 0.6) is 0 Å². The van der Waals surface area contributed by atoms with Crippen LogP contribution in [0, 0.1) is 3.57 Å². The molecule has 0 aliphatic carbocycles. The van der Waals surface area contributed by atoms with Gasteiger partial charge in [-0.15, -0.1) is 0 Å². The highest BCUT2D eigenvalue weighted by Crippen LogP contribution is 2.21. The highest BCUT2D eigenvalue weighted by molar-refractivity contribution is 14.1. The molecule has 1 heterocycles. The Balaban J connectivity index is 1.75. The van der Waals surface area contributed by atoms with Crippen LogP contribution in [0.1, 0.15) is 10.4 Å². The molecule has 0 bridgehead atoms. The van der Waals surface area contributed by atoms with Crippen molar-refractivity contribution in [3.05, 3.63) is 69.9 Å². The molecule has 0 saturated heterocycles. The topological polar surface area (TPSA) is 54.0 Å². The Morgan fingerprint density at radius 2 is 1.91 bits per heavy atom. The van der Waals surface area contributed by atoms with Gasteiger partial charge in [0.25, 0.3) is 5.91 Å². The molecule has 3 aromatic rings. The van der Waals surface area contributed by atoms with Gasteiger partial charge in [-0.25, -0.2) is 0 Å². The molecule has 2 N–H and O–H groups in total. The molecule has 4 nitrogen and oxygen atoms in total. The van der Waals surface area contributed by atoms with Gasteiger partial charge in [-0.1, -0.05) is 12.1 Å². The number of halogens is 1. The molecule has 1 amide bonds. The first-order valence-corrected chi connectivity index (χ1v) is 8.34. The third-order valence-corrected chi connectivity index (χ3v) is 4.08. The molecule has 0 fully saturated rings. The van der Waals surface area contributed by atoms with E-state index in [1.165, 1.54) is 0 Å². The molecule has 2 aromatic carbocycles. The number of hydrogen-bond acceptors (Lipinski definition) is 3. The molecule has 0 unspecified atom stereocenters. The van der Waals surface area contributed by atoms with E-state index in [2.05, 4.69) is 38.2 Å². The fourth-order valence-electron chi connectivity index (χ4n) is 2.17. The molecule has 114 valence electrons. The van der Waals surface area contributed by atoms with Crippen molar-refractivity contribution in [3.8, 4) is 0 Å². The molecule has 0 radical (unpaired) electrons. The van der Waals surface area contributed by atoms with Gasteiger partial charge >= 0.3 is 0 Å². The Morgan fingerprint density at radius 3 is 2.74 bits per heavy atom. The van der Waals surface area contributed by atoms with Crippen molar-refractivity contribution in [3.63, 3.8) is 0 Å². The maximum atomic E-state index is 12.2. The number of benzene rings is 2. The zero-order valence-corrected chi connectivity index (χ0v) is 14.9. The van der Waals surface area contributed by atoms with Crippen molar-refractivity contribution >= 4 is 62.4 Å². The summed E-state index contributed by atoms with van der Waals surface area (Å²) in [6.45, 7) is 0. The summed E-state index contributed by atoms with van der Waals surface area (Å²) in [6, 6.07) is 16.8. The fraction of sp³-hybridized carbons (Fsp3) is 0. The standard InChI is InChI=1S/C17H12IN3OS/c18-12-5-1-4-11(10-12)16(22)21-17(23)20-15-8-2-7-14-13(15)6-3-9-19-14/h1-10H,(H2,20,21,22,23). The quantitative estimate of drug-likeness (QED) is 0.475. The summed E-state index contributed by atoms with van der Waals surface area (Å²) < 4.78 is 0.995. The Hall–Kier alpha value is -2.06. The smallest absolute Gasteiger partial charge is 0.257 e. The third kappa shape index (κ3) is 3.83. The van der Waals surface area contributed by atoms with E-state index in [4.69, 9.17) is 12.2 Å². The highest BCUT2D eigenvalue weighted by atomic mass is 127. The van der Waals surface area contributed by atoms with E-state index in [0.29, 0.717) is 5.56 Å². The van der Waals surface area contributed by atoms with Gasteiger partial charge in [0.05, 0.1) is 5.52 Å². The SMILES string of the molecule is O=C(NC(=S)Nc1cccc2ncccc12)c1cccc(I)c1. The summed E-state index contributed by atoms with van der Waals surface area (Å²) in [4.78, 5) is 16.5. The Kier molecular flexibility index (Phi) is 4.82. The van der Waals surface area contributed by atoms with E-state index in [1.54, 1.807) is 18.3 Å². The average molecular weight is 433 g/mol. The van der Waals surface area contributed by atoms with Crippen LogP contribution in [0.15, 0.2) is 60.8 Å². The minimum atomic E-state index is -0.237. The van der Waals surface area contributed by atoms with Gasteiger partial charge in [0.1, 0.15) is 0 Å². The summed E-state index contributed by atoms with van der Waals surface area (Å²) in [7, 11) is 0. The molecule has 3 rings (SSSR count). The number of nitrogens with one attached hydrogen (secondary N) is 2. The van der Waals surface area contributed by atoms with Crippen LogP contribution in [-0.4, -0.2) is 16.0 Å². The van der Waals surface area contributed by atoms with Crippen LogP contribution in [-0.2, 0) is 0 Å².